The number of nitrogens with zero attached hydrogens (tertiary/aromatic N) is 2. The van der Waals surface area contributed by atoms with Gasteiger partial charge >= 0.3 is 0 Å². The van der Waals surface area contributed by atoms with Crippen molar-refractivity contribution in [2.45, 2.75) is 31.8 Å². The molecule has 9 nitrogen and oxygen atoms in total. The van der Waals surface area contributed by atoms with Crippen molar-refractivity contribution in [3.63, 3.8) is 0 Å². The molecule has 1 heterocycles. The standard InChI is InChI=1S/C29H32BrN3O6S/c1-31-29(35)25(17-21-7-4-3-5-8-21)32(19-22-10-12-23(30)13-11-22)28(34)9-6-16-33(40(2,36)37)24-14-15-26-27(18-24)39-20-38-26/h3-5,7-8,10-15,18,25H,6,9,16-17,19-20H2,1-2H3,(H,31,35)/t25-/m1/s1. The van der Waals surface area contributed by atoms with E-state index >= 15 is 0 Å². The van der Waals surface area contributed by atoms with E-state index in [0.717, 1.165) is 21.9 Å². The lowest BCUT2D eigenvalue weighted by atomic mass is 10.0. The normalized spacial score (nSPS) is 13.0. The van der Waals surface area contributed by atoms with Gasteiger partial charge in [-0.05, 0) is 41.8 Å². The fraction of sp³-hybridized carbons (Fsp3) is 0.310. The Kier molecular flexibility index (Phi) is 9.70. The first-order valence-corrected chi connectivity index (χ1v) is 15.5. The van der Waals surface area contributed by atoms with E-state index in [-0.39, 0.29) is 44.5 Å². The molecule has 0 fully saturated rings. The topological polar surface area (TPSA) is 105 Å². The number of nitrogens with one attached hydrogen (secondary N) is 1. The minimum absolute atomic E-state index is 0.0510. The van der Waals surface area contributed by atoms with Crippen LogP contribution in [0.2, 0.25) is 0 Å². The smallest absolute Gasteiger partial charge is 0.242 e. The summed E-state index contributed by atoms with van der Waals surface area (Å²) in [6, 6.07) is 21.3. The van der Waals surface area contributed by atoms with E-state index in [1.54, 1.807) is 30.1 Å². The number of benzene rings is 3. The van der Waals surface area contributed by atoms with Crippen molar-refractivity contribution < 1.29 is 27.5 Å². The SMILES string of the molecule is CNC(=O)[C@@H](Cc1ccccc1)N(Cc1ccc(Br)cc1)C(=O)CCCN(c1ccc2c(c1)OCO2)S(C)(=O)=O. The number of carbonyl (C=O) groups is 2. The Hall–Kier alpha value is -3.57. The number of anilines is 1. The zero-order valence-electron chi connectivity index (χ0n) is 22.4. The molecule has 0 aliphatic carbocycles. The number of fused-ring (bicyclic) bond motifs is 1. The van der Waals surface area contributed by atoms with Crippen molar-refractivity contribution in [2.24, 2.45) is 0 Å². The lowest BCUT2D eigenvalue weighted by Crippen LogP contribution is -2.49. The van der Waals surface area contributed by atoms with Crippen LogP contribution in [0.1, 0.15) is 24.0 Å². The Labute approximate surface area is 243 Å². The zero-order chi connectivity index (χ0) is 28.7. The van der Waals surface area contributed by atoms with Crippen LogP contribution in [-0.2, 0) is 32.6 Å². The molecule has 0 saturated heterocycles. The molecule has 0 unspecified atom stereocenters. The van der Waals surface area contributed by atoms with Crippen LogP contribution < -0.4 is 19.1 Å². The second-order valence-electron chi connectivity index (χ2n) is 9.44. The molecule has 0 bridgehead atoms. The summed E-state index contributed by atoms with van der Waals surface area (Å²) in [5, 5.41) is 2.70. The fourth-order valence-electron chi connectivity index (χ4n) is 4.55. The summed E-state index contributed by atoms with van der Waals surface area (Å²) in [6.45, 7) is 0.393. The van der Waals surface area contributed by atoms with Crippen molar-refractivity contribution in [3.8, 4) is 11.5 Å². The van der Waals surface area contributed by atoms with Crippen molar-refractivity contribution in [2.75, 3.05) is 30.9 Å². The molecule has 4 rings (SSSR count). The third-order valence-electron chi connectivity index (χ3n) is 6.58. The molecule has 3 aromatic carbocycles. The lowest BCUT2D eigenvalue weighted by Gasteiger charge is -2.31. The van der Waals surface area contributed by atoms with Gasteiger partial charge < -0.3 is 19.7 Å². The summed E-state index contributed by atoms with van der Waals surface area (Å²) < 4.78 is 38.2. The van der Waals surface area contributed by atoms with Crippen molar-refractivity contribution >= 4 is 43.5 Å². The number of sulfonamides is 1. The summed E-state index contributed by atoms with van der Waals surface area (Å²) in [6.07, 6.45) is 1.77. The highest BCUT2D eigenvalue weighted by Gasteiger charge is 2.30. The summed E-state index contributed by atoms with van der Waals surface area (Å²) in [5.74, 6) is 0.505. The highest BCUT2D eigenvalue weighted by molar-refractivity contribution is 9.10. The number of hydrogen-bond donors (Lipinski definition) is 1. The number of ether oxygens (including phenoxy) is 2. The van der Waals surface area contributed by atoms with Crippen molar-refractivity contribution in [1.82, 2.24) is 10.2 Å². The summed E-state index contributed by atoms with van der Waals surface area (Å²) in [7, 11) is -2.08. The molecule has 3 aromatic rings. The van der Waals surface area contributed by atoms with E-state index in [0.29, 0.717) is 23.6 Å². The monoisotopic (exact) mass is 629 g/mol. The van der Waals surface area contributed by atoms with Crippen LogP contribution in [0.3, 0.4) is 0 Å². The number of amides is 2. The van der Waals surface area contributed by atoms with E-state index in [9.17, 15) is 18.0 Å². The first-order chi connectivity index (χ1) is 19.2. The number of hydrogen-bond acceptors (Lipinski definition) is 6. The average molecular weight is 631 g/mol. The molecule has 1 N–H and O–H groups in total. The highest BCUT2D eigenvalue weighted by atomic mass is 79.9. The molecule has 1 atom stereocenters. The van der Waals surface area contributed by atoms with Gasteiger partial charge in [-0.1, -0.05) is 58.4 Å². The maximum absolute atomic E-state index is 13.7. The van der Waals surface area contributed by atoms with Gasteiger partial charge in [-0.25, -0.2) is 8.42 Å². The predicted molar refractivity (Wildman–Crippen MR) is 157 cm³/mol. The Morgan fingerprint density at radius 2 is 1.68 bits per heavy atom. The van der Waals surface area contributed by atoms with Crippen LogP contribution in [0.5, 0.6) is 11.5 Å². The maximum Gasteiger partial charge on any atom is 0.242 e. The summed E-state index contributed by atoms with van der Waals surface area (Å²) in [4.78, 5) is 28.4. The van der Waals surface area contributed by atoms with Gasteiger partial charge in [0.2, 0.25) is 28.6 Å². The average Bonchev–Trinajstić information content (AvgIpc) is 3.41. The number of halogens is 1. The molecule has 40 heavy (non-hydrogen) atoms. The third-order valence-corrected chi connectivity index (χ3v) is 8.30. The third kappa shape index (κ3) is 7.54. The Balaban J connectivity index is 1.54. The molecule has 212 valence electrons. The van der Waals surface area contributed by atoms with Crippen LogP contribution in [0.4, 0.5) is 5.69 Å². The quantitative estimate of drug-likeness (QED) is 0.323. The van der Waals surface area contributed by atoms with Crippen LogP contribution in [-0.4, -0.2) is 57.8 Å². The van der Waals surface area contributed by atoms with Crippen molar-refractivity contribution in [3.05, 3.63) is 88.4 Å². The molecule has 2 amide bonds. The minimum atomic E-state index is -3.64. The van der Waals surface area contributed by atoms with Crippen molar-refractivity contribution in [1.29, 1.82) is 0 Å². The summed E-state index contributed by atoms with van der Waals surface area (Å²) >= 11 is 3.43. The zero-order valence-corrected chi connectivity index (χ0v) is 24.8. The Morgan fingerprint density at radius 1 is 0.975 bits per heavy atom. The van der Waals surface area contributed by atoms with Gasteiger partial charge in [0.15, 0.2) is 11.5 Å². The van der Waals surface area contributed by atoms with Gasteiger partial charge in [0.1, 0.15) is 6.04 Å². The number of rotatable bonds is 12. The number of carbonyl (C=O) groups excluding carboxylic acids is 2. The van der Waals surface area contributed by atoms with E-state index in [1.165, 1.54) is 4.31 Å². The van der Waals surface area contributed by atoms with Gasteiger partial charge in [0.05, 0.1) is 11.9 Å². The Morgan fingerprint density at radius 3 is 2.35 bits per heavy atom. The van der Waals surface area contributed by atoms with Crippen LogP contribution >= 0.6 is 15.9 Å². The molecule has 11 heteroatoms. The molecule has 1 aliphatic heterocycles. The van der Waals surface area contributed by atoms with E-state index in [2.05, 4.69) is 21.2 Å². The largest absolute Gasteiger partial charge is 0.454 e. The van der Waals surface area contributed by atoms with Gasteiger partial charge in [-0.15, -0.1) is 0 Å². The molecule has 0 aromatic heterocycles. The predicted octanol–water partition coefficient (Wildman–Crippen LogP) is 4.11. The second kappa shape index (κ2) is 13.2. The molecule has 0 radical (unpaired) electrons. The fourth-order valence-corrected chi connectivity index (χ4v) is 5.77. The van der Waals surface area contributed by atoms with Gasteiger partial charge in [-0.2, -0.15) is 0 Å². The van der Waals surface area contributed by atoms with Gasteiger partial charge in [-0.3, -0.25) is 13.9 Å². The minimum Gasteiger partial charge on any atom is -0.454 e. The van der Waals surface area contributed by atoms with Gasteiger partial charge in [0, 0.05) is 43.5 Å². The number of likely N-dealkylation sites (N-methyl/N-ethyl adjacent to an activating group) is 1. The molecule has 0 spiro atoms. The first kappa shape index (κ1) is 29.4. The second-order valence-corrected chi connectivity index (χ2v) is 12.3. The van der Waals surface area contributed by atoms with Crippen LogP contribution in [0, 0.1) is 0 Å². The van der Waals surface area contributed by atoms with Crippen LogP contribution in [0.15, 0.2) is 77.3 Å². The molecular weight excluding hydrogens is 598 g/mol. The summed E-state index contributed by atoms with van der Waals surface area (Å²) in [5.41, 5.74) is 2.23. The first-order valence-electron chi connectivity index (χ1n) is 12.8. The van der Waals surface area contributed by atoms with Gasteiger partial charge in [0.25, 0.3) is 0 Å². The highest BCUT2D eigenvalue weighted by Crippen LogP contribution is 2.36. The van der Waals surface area contributed by atoms with E-state index in [4.69, 9.17) is 9.47 Å². The van der Waals surface area contributed by atoms with E-state index < -0.39 is 16.1 Å². The Bertz CT molecular complexity index is 1430. The molecular formula is C29H32BrN3O6S. The maximum atomic E-state index is 13.7. The lowest BCUT2D eigenvalue weighted by molar-refractivity contribution is -0.141. The van der Waals surface area contributed by atoms with Crippen LogP contribution in [0.25, 0.3) is 0 Å². The molecule has 1 aliphatic rings. The molecule has 0 saturated carbocycles. The van der Waals surface area contributed by atoms with E-state index in [1.807, 2.05) is 54.6 Å².